The van der Waals surface area contributed by atoms with Crippen molar-refractivity contribution in [3.8, 4) is 0 Å². The monoisotopic (exact) mass is 332 g/mol. The van der Waals surface area contributed by atoms with E-state index in [9.17, 15) is 4.79 Å². The maximum atomic E-state index is 12.8. The third kappa shape index (κ3) is 4.35. The molecule has 24 heavy (non-hydrogen) atoms. The van der Waals surface area contributed by atoms with Crippen molar-refractivity contribution >= 4 is 5.91 Å². The first-order valence-electron chi connectivity index (χ1n) is 8.98. The lowest BCUT2D eigenvalue weighted by atomic mass is 10.00. The molecule has 1 atom stereocenters. The summed E-state index contributed by atoms with van der Waals surface area (Å²) in [6, 6.07) is 10.8. The van der Waals surface area contributed by atoms with E-state index >= 15 is 0 Å². The van der Waals surface area contributed by atoms with E-state index < -0.39 is 6.10 Å². The molecule has 2 heterocycles. The third-order valence-electron chi connectivity index (χ3n) is 5.06. The van der Waals surface area contributed by atoms with Gasteiger partial charge in [-0.3, -0.25) is 4.79 Å². The molecule has 2 fully saturated rings. The van der Waals surface area contributed by atoms with Crippen LogP contribution in [0.3, 0.4) is 0 Å². The minimum Gasteiger partial charge on any atom is -0.381 e. The lowest BCUT2D eigenvalue weighted by Gasteiger charge is -2.36. The van der Waals surface area contributed by atoms with E-state index in [1.165, 1.54) is 0 Å². The number of carbonyl (C=O) groups excluding carboxylic acids is 1. The largest absolute Gasteiger partial charge is 0.381 e. The van der Waals surface area contributed by atoms with E-state index in [4.69, 9.17) is 9.47 Å². The first kappa shape index (κ1) is 17.4. The lowest BCUT2D eigenvalue weighted by molar-refractivity contribution is -0.143. The fourth-order valence-corrected chi connectivity index (χ4v) is 3.64. The van der Waals surface area contributed by atoms with Gasteiger partial charge >= 0.3 is 0 Å². The van der Waals surface area contributed by atoms with Gasteiger partial charge < -0.3 is 19.7 Å². The van der Waals surface area contributed by atoms with Crippen LogP contribution in [0.5, 0.6) is 0 Å². The molecule has 0 bridgehead atoms. The van der Waals surface area contributed by atoms with Crippen molar-refractivity contribution in [2.24, 2.45) is 0 Å². The average Bonchev–Trinajstić information content (AvgIpc) is 2.65. The molecule has 5 nitrogen and oxygen atoms in total. The van der Waals surface area contributed by atoms with Crippen LogP contribution in [0.4, 0.5) is 0 Å². The van der Waals surface area contributed by atoms with Crippen molar-refractivity contribution in [3.05, 3.63) is 35.9 Å². The second kappa shape index (κ2) is 8.60. The zero-order valence-corrected chi connectivity index (χ0v) is 14.4. The van der Waals surface area contributed by atoms with E-state index in [1.54, 1.807) is 7.11 Å². The number of methoxy groups -OCH3 is 1. The molecule has 0 aromatic heterocycles. The molecule has 0 radical (unpaired) electrons. The van der Waals surface area contributed by atoms with Gasteiger partial charge in [0.1, 0.15) is 0 Å². The van der Waals surface area contributed by atoms with Gasteiger partial charge in [-0.25, -0.2) is 0 Å². The van der Waals surface area contributed by atoms with Gasteiger partial charge in [0.2, 0.25) is 0 Å². The van der Waals surface area contributed by atoms with Crippen LogP contribution in [0, 0.1) is 0 Å². The van der Waals surface area contributed by atoms with E-state index in [1.807, 2.05) is 35.2 Å². The summed E-state index contributed by atoms with van der Waals surface area (Å²) in [5, 5.41) is 3.74. The molecule has 1 aromatic carbocycles. The second-order valence-electron chi connectivity index (χ2n) is 6.68. The smallest absolute Gasteiger partial charge is 0.256 e. The quantitative estimate of drug-likeness (QED) is 0.897. The highest BCUT2D eigenvalue weighted by Crippen LogP contribution is 2.22. The number of nitrogens with one attached hydrogen (secondary N) is 1. The summed E-state index contributed by atoms with van der Waals surface area (Å²) in [4.78, 5) is 14.7. The highest BCUT2D eigenvalue weighted by molar-refractivity contribution is 5.82. The number of nitrogens with zero attached hydrogens (tertiary/aromatic N) is 1. The van der Waals surface area contributed by atoms with Gasteiger partial charge in [-0.15, -0.1) is 0 Å². The van der Waals surface area contributed by atoms with Crippen molar-refractivity contribution in [1.82, 2.24) is 10.2 Å². The van der Waals surface area contributed by atoms with E-state index in [-0.39, 0.29) is 5.91 Å². The van der Waals surface area contributed by atoms with Crippen molar-refractivity contribution in [1.29, 1.82) is 0 Å². The number of ether oxygens (including phenoxy) is 2. The third-order valence-corrected chi connectivity index (χ3v) is 5.06. The van der Waals surface area contributed by atoms with Crippen molar-refractivity contribution < 1.29 is 14.3 Å². The van der Waals surface area contributed by atoms with Gasteiger partial charge in [-0.2, -0.15) is 0 Å². The number of carbonyl (C=O) groups is 1. The van der Waals surface area contributed by atoms with Crippen molar-refractivity contribution in [2.45, 2.75) is 43.9 Å². The standard InChI is InChI=1S/C19H28N2O3/c1-23-18(15-5-3-2-4-6-15)19(22)21-11-7-16(8-12-21)20-17-9-13-24-14-10-17/h2-6,16-18,20H,7-14H2,1H3/t18-/m1/s1. The first-order chi connectivity index (χ1) is 11.8. The SMILES string of the molecule is CO[C@@H](C(=O)N1CCC(NC2CCOCC2)CC1)c1ccccc1. The Morgan fingerprint density at radius 2 is 1.75 bits per heavy atom. The van der Waals surface area contributed by atoms with Gasteiger partial charge in [-0.05, 0) is 31.2 Å². The predicted molar refractivity (Wildman–Crippen MR) is 92.8 cm³/mol. The van der Waals surface area contributed by atoms with Crippen LogP contribution < -0.4 is 5.32 Å². The molecule has 132 valence electrons. The van der Waals surface area contributed by atoms with Crippen LogP contribution in [-0.2, 0) is 14.3 Å². The molecule has 5 heteroatoms. The van der Waals surface area contributed by atoms with Gasteiger partial charge in [0, 0.05) is 45.5 Å². The maximum Gasteiger partial charge on any atom is 0.256 e. The molecule has 1 N–H and O–H groups in total. The highest BCUT2D eigenvalue weighted by atomic mass is 16.5. The van der Waals surface area contributed by atoms with Gasteiger partial charge in [0.15, 0.2) is 6.10 Å². The van der Waals surface area contributed by atoms with Gasteiger partial charge in [-0.1, -0.05) is 30.3 Å². The van der Waals surface area contributed by atoms with Crippen LogP contribution in [0.15, 0.2) is 30.3 Å². The van der Waals surface area contributed by atoms with E-state index in [0.717, 1.165) is 57.6 Å². The minimum atomic E-state index is -0.494. The fraction of sp³-hybridized carbons (Fsp3) is 0.632. The summed E-state index contributed by atoms with van der Waals surface area (Å²) in [7, 11) is 1.61. The Kier molecular flexibility index (Phi) is 6.24. The van der Waals surface area contributed by atoms with E-state index in [0.29, 0.717) is 12.1 Å². The normalized spacial score (nSPS) is 21.6. The second-order valence-corrected chi connectivity index (χ2v) is 6.68. The van der Waals surface area contributed by atoms with Crippen LogP contribution in [0.2, 0.25) is 0 Å². The van der Waals surface area contributed by atoms with Crippen molar-refractivity contribution in [2.75, 3.05) is 33.4 Å². The summed E-state index contributed by atoms with van der Waals surface area (Å²) in [5.74, 6) is 0.0771. The van der Waals surface area contributed by atoms with Crippen LogP contribution >= 0.6 is 0 Å². The summed E-state index contributed by atoms with van der Waals surface area (Å²) < 4.78 is 10.9. The zero-order valence-electron chi connectivity index (χ0n) is 14.4. The Labute approximate surface area is 144 Å². The topological polar surface area (TPSA) is 50.8 Å². The summed E-state index contributed by atoms with van der Waals surface area (Å²) in [5.41, 5.74) is 0.924. The van der Waals surface area contributed by atoms with E-state index in [2.05, 4.69) is 5.32 Å². The number of hydrogen-bond acceptors (Lipinski definition) is 4. The van der Waals surface area contributed by atoms with Gasteiger partial charge in [0.25, 0.3) is 5.91 Å². The molecule has 0 spiro atoms. The van der Waals surface area contributed by atoms with Crippen LogP contribution in [0.25, 0.3) is 0 Å². The summed E-state index contributed by atoms with van der Waals surface area (Å²) in [6.07, 6.45) is 3.71. The highest BCUT2D eigenvalue weighted by Gasteiger charge is 2.30. The number of hydrogen-bond donors (Lipinski definition) is 1. The average molecular weight is 332 g/mol. The molecular weight excluding hydrogens is 304 g/mol. The zero-order chi connectivity index (χ0) is 16.8. The first-order valence-corrected chi connectivity index (χ1v) is 8.98. The summed E-state index contributed by atoms with van der Waals surface area (Å²) in [6.45, 7) is 3.32. The fourth-order valence-electron chi connectivity index (χ4n) is 3.64. The molecule has 0 aliphatic carbocycles. The molecule has 1 aromatic rings. The van der Waals surface area contributed by atoms with Gasteiger partial charge in [0.05, 0.1) is 0 Å². The molecular formula is C19H28N2O3. The van der Waals surface area contributed by atoms with Crippen LogP contribution in [0.1, 0.15) is 37.4 Å². The Hall–Kier alpha value is -1.43. The Morgan fingerprint density at radius 3 is 2.38 bits per heavy atom. The molecule has 2 aliphatic heterocycles. The molecule has 2 saturated heterocycles. The number of benzene rings is 1. The predicted octanol–water partition coefficient (Wildman–Crippen LogP) is 2.13. The molecule has 0 saturated carbocycles. The molecule has 1 amide bonds. The number of likely N-dealkylation sites (tertiary alicyclic amines) is 1. The Balaban J connectivity index is 1.51. The molecule has 0 unspecified atom stereocenters. The lowest BCUT2D eigenvalue weighted by Crippen LogP contribution is -2.49. The minimum absolute atomic E-state index is 0.0771. The number of piperidine rings is 1. The summed E-state index contributed by atoms with van der Waals surface area (Å²) >= 11 is 0. The maximum absolute atomic E-state index is 12.8. The molecule has 2 aliphatic rings. The van der Waals surface area contributed by atoms with Crippen molar-refractivity contribution in [3.63, 3.8) is 0 Å². The number of rotatable bonds is 5. The number of amides is 1. The molecule has 3 rings (SSSR count). The Bertz CT molecular complexity index is 509. The van der Waals surface area contributed by atoms with Crippen LogP contribution in [-0.4, -0.2) is 56.3 Å². The Morgan fingerprint density at radius 1 is 1.12 bits per heavy atom.